The zero-order chi connectivity index (χ0) is 11.4. The van der Waals surface area contributed by atoms with Gasteiger partial charge in [-0.05, 0) is 0 Å². The summed E-state index contributed by atoms with van der Waals surface area (Å²) in [7, 11) is 1.49. The van der Waals surface area contributed by atoms with Crippen molar-refractivity contribution in [3.05, 3.63) is 30.3 Å². The number of aromatic nitrogens is 2. The molecule has 0 aliphatic rings. The SMILES string of the molecule is CNC(=O)Oc1nsnc1-c1ccccc1. The van der Waals surface area contributed by atoms with Gasteiger partial charge in [0.25, 0.3) is 5.88 Å². The molecule has 0 unspecified atom stereocenters. The van der Waals surface area contributed by atoms with Crippen molar-refractivity contribution in [3.8, 4) is 17.1 Å². The van der Waals surface area contributed by atoms with Gasteiger partial charge in [-0.25, -0.2) is 4.79 Å². The molecule has 6 heteroatoms. The van der Waals surface area contributed by atoms with Crippen molar-refractivity contribution in [2.45, 2.75) is 0 Å². The second-order valence-corrected chi connectivity index (χ2v) is 3.45. The molecule has 0 aliphatic carbocycles. The lowest BCUT2D eigenvalue weighted by Crippen LogP contribution is -2.22. The summed E-state index contributed by atoms with van der Waals surface area (Å²) in [5.41, 5.74) is 1.45. The molecule has 2 aromatic rings. The van der Waals surface area contributed by atoms with E-state index in [9.17, 15) is 4.79 Å². The Bertz CT molecular complexity index is 484. The topological polar surface area (TPSA) is 64.1 Å². The second-order valence-electron chi connectivity index (χ2n) is 2.92. The summed E-state index contributed by atoms with van der Waals surface area (Å²) in [6.07, 6.45) is -0.551. The molecule has 1 heterocycles. The fourth-order valence-electron chi connectivity index (χ4n) is 1.16. The third kappa shape index (κ3) is 2.17. The van der Waals surface area contributed by atoms with Crippen molar-refractivity contribution >= 4 is 17.8 Å². The van der Waals surface area contributed by atoms with E-state index < -0.39 is 6.09 Å². The van der Waals surface area contributed by atoms with Gasteiger partial charge < -0.3 is 10.1 Å². The minimum Gasteiger partial charge on any atom is -0.388 e. The highest BCUT2D eigenvalue weighted by Gasteiger charge is 2.14. The van der Waals surface area contributed by atoms with Crippen LogP contribution >= 0.6 is 11.7 Å². The van der Waals surface area contributed by atoms with Gasteiger partial charge in [0.15, 0.2) is 0 Å². The maximum Gasteiger partial charge on any atom is 0.413 e. The largest absolute Gasteiger partial charge is 0.413 e. The maximum atomic E-state index is 11.1. The standard InChI is InChI=1S/C10H9N3O2S/c1-11-10(14)15-9-8(12-16-13-9)7-5-3-2-4-6-7/h2-6H,1H3,(H,11,14). The highest BCUT2D eigenvalue weighted by molar-refractivity contribution is 6.99. The molecule has 2 rings (SSSR count). The van der Waals surface area contributed by atoms with Crippen LogP contribution in [0.15, 0.2) is 30.3 Å². The fraction of sp³-hybridized carbons (Fsp3) is 0.100. The molecule has 16 heavy (non-hydrogen) atoms. The number of ether oxygens (including phenoxy) is 1. The van der Waals surface area contributed by atoms with E-state index in [0.717, 1.165) is 17.3 Å². The lowest BCUT2D eigenvalue weighted by molar-refractivity contribution is 0.201. The van der Waals surface area contributed by atoms with E-state index in [0.29, 0.717) is 5.69 Å². The first-order valence-corrected chi connectivity index (χ1v) is 5.32. The maximum absolute atomic E-state index is 11.1. The minimum atomic E-state index is -0.551. The normalized spacial score (nSPS) is 9.81. The molecule has 0 radical (unpaired) electrons. The molecular formula is C10H9N3O2S. The Labute approximate surface area is 96.4 Å². The molecule has 1 aromatic carbocycles. The highest BCUT2D eigenvalue weighted by Crippen LogP contribution is 2.27. The number of hydrogen-bond acceptors (Lipinski definition) is 5. The van der Waals surface area contributed by atoms with Crippen LogP contribution in [0.1, 0.15) is 0 Å². The third-order valence-electron chi connectivity index (χ3n) is 1.90. The van der Waals surface area contributed by atoms with E-state index in [1.165, 1.54) is 7.05 Å². The van der Waals surface area contributed by atoms with Gasteiger partial charge in [0.2, 0.25) is 0 Å². The third-order valence-corrected chi connectivity index (χ3v) is 2.41. The van der Waals surface area contributed by atoms with Gasteiger partial charge in [-0.2, -0.15) is 4.37 Å². The predicted octanol–water partition coefficient (Wildman–Crippen LogP) is 1.92. The lowest BCUT2D eigenvalue weighted by Gasteiger charge is -2.01. The molecule has 0 saturated carbocycles. The number of nitrogens with one attached hydrogen (secondary N) is 1. The van der Waals surface area contributed by atoms with Crippen molar-refractivity contribution in [1.82, 2.24) is 14.1 Å². The van der Waals surface area contributed by atoms with E-state index in [1.807, 2.05) is 30.3 Å². The Morgan fingerprint density at radius 3 is 2.75 bits per heavy atom. The van der Waals surface area contributed by atoms with E-state index >= 15 is 0 Å². The number of benzene rings is 1. The van der Waals surface area contributed by atoms with Crippen molar-refractivity contribution in [1.29, 1.82) is 0 Å². The molecular weight excluding hydrogens is 226 g/mol. The van der Waals surface area contributed by atoms with Crippen LogP contribution in [0, 0.1) is 0 Å². The van der Waals surface area contributed by atoms with Crippen molar-refractivity contribution in [2.75, 3.05) is 7.05 Å². The average Bonchev–Trinajstić information content (AvgIpc) is 2.78. The summed E-state index contributed by atoms with van der Waals surface area (Å²) in [5.74, 6) is 0.232. The molecule has 1 aromatic heterocycles. The first-order valence-electron chi connectivity index (χ1n) is 4.59. The summed E-state index contributed by atoms with van der Waals surface area (Å²) in [6, 6.07) is 9.44. The van der Waals surface area contributed by atoms with Gasteiger partial charge in [-0.1, -0.05) is 30.3 Å². The summed E-state index contributed by atoms with van der Waals surface area (Å²) < 4.78 is 13.0. The van der Waals surface area contributed by atoms with E-state index in [-0.39, 0.29) is 5.88 Å². The van der Waals surface area contributed by atoms with E-state index in [4.69, 9.17) is 4.74 Å². The molecule has 0 spiro atoms. The molecule has 0 fully saturated rings. The van der Waals surface area contributed by atoms with Crippen molar-refractivity contribution in [3.63, 3.8) is 0 Å². The number of hydrogen-bond donors (Lipinski definition) is 1. The van der Waals surface area contributed by atoms with Crippen LogP contribution in [-0.4, -0.2) is 21.9 Å². The average molecular weight is 235 g/mol. The van der Waals surface area contributed by atoms with E-state index in [2.05, 4.69) is 14.1 Å². The van der Waals surface area contributed by atoms with Gasteiger partial charge in [-0.3, -0.25) is 0 Å². The van der Waals surface area contributed by atoms with Gasteiger partial charge in [0.1, 0.15) is 5.69 Å². The molecule has 0 aliphatic heterocycles. The summed E-state index contributed by atoms with van der Waals surface area (Å²) in [4.78, 5) is 11.1. The number of carbonyl (C=O) groups excluding carboxylic acids is 1. The second kappa shape index (κ2) is 4.71. The van der Waals surface area contributed by atoms with Crippen LogP contribution in [0.3, 0.4) is 0 Å². The summed E-state index contributed by atoms with van der Waals surface area (Å²) >= 11 is 1.01. The van der Waals surface area contributed by atoms with Gasteiger partial charge in [-0.15, -0.1) is 4.37 Å². The van der Waals surface area contributed by atoms with Gasteiger partial charge >= 0.3 is 6.09 Å². The zero-order valence-corrected chi connectivity index (χ0v) is 9.32. The number of amides is 1. The monoisotopic (exact) mass is 235 g/mol. The lowest BCUT2D eigenvalue weighted by atomic mass is 10.2. The molecule has 0 atom stereocenters. The van der Waals surface area contributed by atoms with Crippen LogP contribution in [0.5, 0.6) is 5.88 Å². The Balaban J connectivity index is 2.29. The molecule has 0 saturated heterocycles. The fourth-order valence-corrected chi connectivity index (χ4v) is 1.66. The minimum absolute atomic E-state index is 0.232. The number of rotatable bonds is 2. The molecule has 0 bridgehead atoms. The Kier molecular flexibility index (Phi) is 3.11. The first kappa shape index (κ1) is 10.6. The van der Waals surface area contributed by atoms with Gasteiger partial charge in [0.05, 0.1) is 11.7 Å². The first-order chi connectivity index (χ1) is 7.81. The Hall–Kier alpha value is -1.95. The van der Waals surface area contributed by atoms with Gasteiger partial charge in [0, 0.05) is 12.6 Å². The summed E-state index contributed by atoms with van der Waals surface area (Å²) in [5, 5.41) is 2.36. The predicted molar refractivity (Wildman–Crippen MR) is 60.4 cm³/mol. The van der Waals surface area contributed by atoms with Crippen LogP contribution in [0.4, 0.5) is 4.79 Å². The molecule has 1 amide bonds. The highest BCUT2D eigenvalue weighted by atomic mass is 32.1. The quantitative estimate of drug-likeness (QED) is 0.863. The molecule has 82 valence electrons. The summed E-state index contributed by atoms with van der Waals surface area (Å²) in [6.45, 7) is 0. The smallest absolute Gasteiger partial charge is 0.388 e. The van der Waals surface area contributed by atoms with Crippen molar-refractivity contribution in [2.24, 2.45) is 0 Å². The van der Waals surface area contributed by atoms with Crippen LogP contribution in [0.25, 0.3) is 11.3 Å². The van der Waals surface area contributed by atoms with Crippen LogP contribution in [-0.2, 0) is 0 Å². The molecule has 5 nitrogen and oxygen atoms in total. The zero-order valence-electron chi connectivity index (χ0n) is 8.51. The Morgan fingerprint density at radius 2 is 2.06 bits per heavy atom. The Morgan fingerprint density at radius 1 is 1.31 bits per heavy atom. The molecule has 1 N–H and O–H groups in total. The van der Waals surface area contributed by atoms with Crippen molar-refractivity contribution < 1.29 is 9.53 Å². The van der Waals surface area contributed by atoms with E-state index in [1.54, 1.807) is 0 Å². The van der Waals surface area contributed by atoms with Crippen LogP contribution in [0.2, 0.25) is 0 Å². The number of carbonyl (C=O) groups is 1. The number of nitrogens with zero attached hydrogens (tertiary/aromatic N) is 2. The van der Waals surface area contributed by atoms with Crippen LogP contribution < -0.4 is 10.1 Å².